The number of carboxylic acid groups (broad SMARTS) is 1. The lowest BCUT2D eigenvalue weighted by Gasteiger charge is -2.27. The van der Waals surface area contributed by atoms with Crippen LogP contribution in [-0.4, -0.2) is 45.7 Å². The summed E-state index contributed by atoms with van der Waals surface area (Å²) < 4.78 is 8.59. The molecule has 6 rings (SSSR count). The maximum absolute atomic E-state index is 11.6. The minimum absolute atomic E-state index is 0.0743. The van der Waals surface area contributed by atoms with Crippen LogP contribution in [0, 0.1) is 0 Å². The van der Waals surface area contributed by atoms with Crippen LogP contribution in [0.3, 0.4) is 0 Å². The van der Waals surface area contributed by atoms with Crippen molar-refractivity contribution >= 4 is 34.3 Å². The number of fused-ring (bicyclic) bond motifs is 1. The summed E-state index contributed by atoms with van der Waals surface area (Å²) in [7, 11) is 0. The lowest BCUT2D eigenvalue weighted by atomic mass is 9.95. The van der Waals surface area contributed by atoms with Crippen LogP contribution in [-0.2, 0) is 4.79 Å². The number of hydrogen-bond donors (Lipinski definition) is 2. The van der Waals surface area contributed by atoms with Gasteiger partial charge in [0, 0.05) is 36.4 Å². The number of carboxylic acids is 1. The topological polar surface area (TPSA) is 96.7 Å². The zero-order valence-electron chi connectivity index (χ0n) is 23.4. The molecule has 0 unspecified atom stereocenters. The van der Waals surface area contributed by atoms with Gasteiger partial charge in [-0.25, -0.2) is 9.78 Å². The fourth-order valence-corrected chi connectivity index (χ4v) is 6.33. The Morgan fingerprint density at radius 2 is 1.71 bits per heavy atom. The Morgan fingerprint density at radius 3 is 2.41 bits per heavy atom. The number of carbonyl (C=O) groups excluding carboxylic acids is 1. The summed E-state index contributed by atoms with van der Waals surface area (Å²) >= 11 is 0. The molecule has 1 saturated heterocycles. The van der Waals surface area contributed by atoms with Gasteiger partial charge in [0.15, 0.2) is 0 Å². The van der Waals surface area contributed by atoms with Gasteiger partial charge >= 0.3 is 5.97 Å². The largest absolute Gasteiger partial charge is 0.491 e. The van der Waals surface area contributed by atoms with Gasteiger partial charge in [0.25, 0.3) is 0 Å². The number of carbonyl (C=O) groups is 2. The van der Waals surface area contributed by atoms with Crippen molar-refractivity contribution in [3.63, 3.8) is 0 Å². The second-order valence-electron chi connectivity index (χ2n) is 11.2. The first-order chi connectivity index (χ1) is 20.0. The van der Waals surface area contributed by atoms with Crippen LogP contribution in [0.5, 0.6) is 5.75 Å². The summed E-state index contributed by atoms with van der Waals surface area (Å²) in [5.74, 6) is 0.681. The van der Waals surface area contributed by atoms with E-state index in [1.165, 1.54) is 26.2 Å². The van der Waals surface area contributed by atoms with Gasteiger partial charge in [-0.2, -0.15) is 0 Å². The maximum atomic E-state index is 11.6. The summed E-state index contributed by atoms with van der Waals surface area (Å²) in [6.07, 6.45) is 8.04. The van der Waals surface area contributed by atoms with Gasteiger partial charge in [0.1, 0.15) is 18.2 Å². The average Bonchev–Trinajstić information content (AvgIpc) is 3.61. The van der Waals surface area contributed by atoms with Crippen molar-refractivity contribution in [1.82, 2.24) is 9.55 Å². The van der Waals surface area contributed by atoms with Gasteiger partial charge in [-0.05, 0) is 92.4 Å². The van der Waals surface area contributed by atoms with Crippen LogP contribution in [0.25, 0.3) is 22.4 Å². The Morgan fingerprint density at radius 1 is 0.951 bits per heavy atom. The van der Waals surface area contributed by atoms with Crippen molar-refractivity contribution in [2.24, 2.45) is 0 Å². The molecule has 212 valence electrons. The van der Waals surface area contributed by atoms with E-state index in [0.29, 0.717) is 12.6 Å². The standard InChI is InChI=1S/C33H36N4O4/c1-22(38)34-25-12-14-26(15-13-25)36-19-5-8-28(36)21-41-29-16-9-23(10-17-29)32-35-30-20-24(33(39)40)11-18-31(30)37(32)27-6-3-2-4-7-27/h9-18,20,27-28H,2-8,19,21H2,1H3,(H,34,38)(H,39,40)/t28-/m1/s1. The van der Waals surface area contributed by atoms with Crippen LogP contribution in [0.1, 0.15) is 68.3 Å². The number of amides is 1. The monoisotopic (exact) mass is 552 g/mol. The zero-order valence-corrected chi connectivity index (χ0v) is 23.4. The van der Waals surface area contributed by atoms with Gasteiger partial charge < -0.3 is 24.6 Å². The predicted octanol–water partition coefficient (Wildman–Crippen LogP) is 6.91. The second-order valence-corrected chi connectivity index (χ2v) is 11.2. The van der Waals surface area contributed by atoms with E-state index in [4.69, 9.17) is 9.72 Å². The van der Waals surface area contributed by atoms with E-state index in [1.54, 1.807) is 12.1 Å². The molecule has 8 heteroatoms. The lowest BCUT2D eigenvalue weighted by Crippen LogP contribution is -2.34. The third kappa shape index (κ3) is 5.78. The van der Waals surface area contributed by atoms with Crippen LogP contribution in [0.15, 0.2) is 66.7 Å². The molecule has 1 saturated carbocycles. The van der Waals surface area contributed by atoms with E-state index in [1.807, 2.05) is 30.3 Å². The molecular weight excluding hydrogens is 516 g/mol. The molecule has 0 spiro atoms. The molecule has 1 atom stereocenters. The normalized spacial score (nSPS) is 17.6. The summed E-state index contributed by atoms with van der Waals surface area (Å²) in [5.41, 5.74) is 4.89. The molecule has 3 aromatic carbocycles. The first-order valence-corrected chi connectivity index (χ1v) is 14.6. The number of aromatic nitrogens is 2. The quantitative estimate of drug-likeness (QED) is 0.246. The molecular formula is C33H36N4O4. The highest BCUT2D eigenvalue weighted by Crippen LogP contribution is 2.37. The van der Waals surface area contributed by atoms with E-state index in [-0.39, 0.29) is 17.5 Å². The van der Waals surface area contributed by atoms with E-state index in [9.17, 15) is 14.7 Å². The van der Waals surface area contributed by atoms with Crippen LogP contribution in [0.2, 0.25) is 0 Å². The van der Waals surface area contributed by atoms with Gasteiger partial charge in [-0.3, -0.25) is 4.79 Å². The van der Waals surface area contributed by atoms with Gasteiger partial charge in [0.2, 0.25) is 5.91 Å². The van der Waals surface area contributed by atoms with Crippen molar-refractivity contribution in [2.75, 3.05) is 23.4 Å². The average molecular weight is 553 g/mol. The number of anilines is 2. The minimum atomic E-state index is -0.940. The summed E-state index contributed by atoms with van der Waals surface area (Å²) in [6.45, 7) is 3.08. The highest BCUT2D eigenvalue weighted by atomic mass is 16.5. The smallest absolute Gasteiger partial charge is 0.335 e. The third-order valence-corrected chi connectivity index (χ3v) is 8.33. The van der Waals surface area contributed by atoms with E-state index >= 15 is 0 Å². The Balaban J connectivity index is 1.19. The molecule has 1 aliphatic heterocycles. The molecule has 1 aromatic heterocycles. The van der Waals surface area contributed by atoms with Crippen molar-refractivity contribution < 1.29 is 19.4 Å². The van der Waals surface area contributed by atoms with Gasteiger partial charge in [0.05, 0.1) is 22.6 Å². The van der Waals surface area contributed by atoms with Crippen LogP contribution >= 0.6 is 0 Å². The predicted molar refractivity (Wildman–Crippen MR) is 161 cm³/mol. The number of hydrogen-bond acceptors (Lipinski definition) is 5. The van der Waals surface area contributed by atoms with Crippen molar-refractivity contribution in [3.05, 3.63) is 72.3 Å². The van der Waals surface area contributed by atoms with E-state index in [2.05, 4.69) is 39.0 Å². The number of aromatic carboxylic acids is 1. The molecule has 1 amide bonds. The number of nitrogens with zero attached hydrogens (tertiary/aromatic N) is 3. The molecule has 1 aliphatic carbocycles. The van der Waals surface area contributed by atoms with E-state index < -0.39 is 5.97 Å². The summed E-state index contributed by atoms with van der Waals surface area (Å²) in [4.78, 5) is 30.2. The maximum Gasteiger partial charge on any atom is 0.335 e. The molecule has 8 nitrogen and oxygen atoms in total. The molecule has 2 aliphatic rings. The third-order valence-electron chi connectivity index (χ3n) is 8.33. The summed E-state index contributed by atoms with van der Waals surface area (Å²) in [5, 5.41) is 12.3. The fourth-order valence-electron chi connectivity index (χ4n) is 6.33. The molecule has 0 radical (unpaired) electrons. The van der Waals surface area contributed by atoms with Gasteiger partial charge in [-0.1, -0.05) is 19.3 Å². The molecule has 41 heavy (non-hydrogen) atoms. The Labute approximate surface area is 240 Å². The fraction of sp³-hybridized carbons (Fsp3) is 0.364. The van der Waals surface area contributed by atoms with Crippen LogP contribution < -0.4 is 15.0 Å². The second kappa shape index (κ2) is 11.6. The summed E-state index contributed by atoms with van der Waals surface area (Å²) in [6, 6.07) is 22.0. The Bertz CT molecular complexity index is 1540. The molecule has 2 fully saturated rings. The first-order valence-electron chi connectivity index (χ1n) is 14.6. The lowest BCUT2D eigenvalue weighted by molar-refractivity contribution is -0.114. The molecule has 2 heterocycles. The Hall–Kier alpha value is -4.33. The van der Waals surface area contributed by atoms with E-state index in [0.717, 1.165) is 71.8 Å². The SMILES string of the molecule is CC(=O)Nc1ccc(N2CCC[C@@H]2COc2ccc(-c3nc4cc(C(=O)O)ccc4n3C3CCCCC3)cc2)cc1. The number of benzene rings is 3. The number of imidazole rings is 1. The van der Waals surface area contributed by atoms with Crippen molar-refractivity contribution in [1.29, 1.82) is 0 Å². The van der Waals surface area contributed by atoms with Crippen molar-refractivity contribution in [3.8, 4) is 17.1 Å². The first kappa shape index (κ1) is 26.9. The molecule has 0 bridgehead atoms. The van der Waals surface area contributed by atoms with Crippen molar-refractivity contribution in [2.45, 2.75) is 64.0 Å². The van der Waals surface area contributed by atoms with Gasteiger partial charge in [-0.15, -0.1) is 0 Å². The highest BCUT2D eigenvalue weighted by Gasteiger charge is 2.26. The number of nitrogens with one attached hydrogen (secondary N) is 1. The highest BCUT2D eigenvalue weighted by molar-refractivity contribution is 5.93. The van der Waals surface area contributed by atoms with Crippen LogP contribution in [0.4, 0.5) is 11.4 Å². The molecule has 4 aromatic rings. The Kier molecular flexibility index (Phi) is 7.63. The zero-order chi connectivity index (χ0) is 28.3. The number of ether oxygens (including phenoxy) is 1. The number of rotatable bonds is 8. The minimum Gasteiger partial charge on any atom is -0.491 e. The molecule has 2 N–H and O–H groups in total.